The predicted octanol–water partition coefficient (Wildman–Crippen LogP) is 3.69. The van der Waals surface area contributed by atoms with Crippen molar-refractivity contribution in [2.24, 2.45) is 0 Å². The summed E-state index contributed by atoms with van der Waals surface area (Å²) in [6.07, 6.45) is 0. The van der Waals surface area contributed by atoms with E-state index in [1.165, 1.54) is 31.4 Å². The molecule has 1 amide bonds. The van der Waals surface area contributed by atoms with E-state index in [1.807, 2.05) is 6.92 Å². The highest BCUT2D eigenvalue weighted by molar-refractivity contribution is 7.92. The van der Waals surface area contributed by atoms with Crippen LogP contribution in [0.3, 0.4) is 0 Å². The van der Waals surface area contributed by atoms with Crippen molar-refractivity contribution in [2.45, 2.75) is 11.8 Å². The summed E-state index contributed by atoms with van der Waals surface area (Å²) in [4.78, 5) is 24.8. The zero-order chi connectivity index (χ0) is 24.6. The van der Waals surface area contributed by atoms with Crippen LogP contribution in [0, 0.1) is 0 Å². The number of rotatable bonds is 10. The SMILES string of the molecule is CCOc1ccc(S(=O)(=O)Nc2ccccc2C(=O)OCC(=O)Nc2ccccc2OC)cc1. The number of nitrogens with one attached hydrogen (secondary N) is 2. The molecule has 178 valence electrons. The van der Waals surface area contributed by atoms with E-state index in [2.05, 4.69) is 10.0 Å². The first-order valence-corrected chi connectivity index (χ1v) is 11.8. The summed E-state index contributed by atoms with van der Waals surface area (Å²) in [6, 6.07) is 18.6. The molecule has 10 heteroatoms. The lowest BCUT2D eigenvalue weighted by Crippen LogP contribution is -2.22. The lowest BCUT2D eigenvalue weighted by atomic mass is 10.2. The van der Waals surface area contributed by atoms with Crippen LogP contribution in [0.4, 0.5) is 11.4 Å². The summed E-state index contributed by atoms with van der Waals surface area (Å²) < 4.78 is 43.6. The standard InChI is InChI=1S/C24H24N2O7S/c1-3-32-17-12-14-18(15-13-17)34(29,30)26-20-9-5-4-8-19(20)24(28)33-16-23(27)25-21-10-6-7-11-22(21)31-2/h4-15,26H,3,16H2,1-2H3,(H,25,27). The Morgan fingerprint density at radius 2 is 1.53 bits per heavy atom. The largest absolute Gasteiger partial charge is 0.495 e. The van der Waals surface area contributed by atoms with Gasteiger partial charge in [0, 0.05) is 0 Å². The summed E-state index contributed by atoms with van der Waals surface area (Å²) in [7, 11) is -2.52. The molecule has 0 atom stereocenters. The minimum absolute atomic E-state index is 0.00434. The maximum absolute atomic E-state index is 12.8. The molecule has 0 aromatic heterocycles. The van der Waals surface area contributed by atoms with Crippen LogP contribution >= 0.6 is 0 Å². The summed E-state index contributed by atoms with van der Waals surface area (Å²) in [5.74, 6) is -0.446. The van der Waals surface area contributed by atoms with Gasteiger partial charge in [-0.25, -0.2) is 13.2 Å². The molecule has 0 saturated carbocycles. The van der Waals surface area contributed by atoms with E-state index in [9.17, 15) is 18.0 Å². The highest BCUT2D eigenvalue weighted by atomic mass is 32.2. The molecule has 0 aliphatic carbocycles. The van der Waals surface area contributed by atoms with Crippen molar-refractivity contribution in [1.29, 1.82) is 0 Å². The first kappa shape index (κ1) is 24.6. The number of benzene rings is 3. The third-order valence-electron chi connectivity index (χ3n) is 4.55. The second kappa shape index (κ2) is 11.2. The quantitative estimate of drug-likeness (QED) is 0.421. The normalized spacial score (nSPS) is 10.8. The summed E-state index contributed by atoms with van der Waals surface area (Å²) >= 11 is 0. The van der Waals surface area contributed by atoms with E-state index >= 15 is 0 Å². The number of carbonyl (C=O) groups excluding carboxylic acids is 2. The van der Waals surface area contributed by atoms with Gasteiger partial charge in [-0.2, -0.15) is 0 Å². The lowest BCUT2D eigenvalue weighted by molar-refractivity contribution is -0.119. The summed E-state index contributed by atoms with van der Waals surface area (Å²) in [6.45, 7) is 1.71. The second-order valence-electron chi connectivity index (χ2n) is 6.88. The molecule has 0 aliphatic rings. The number of anilines is 2. The van der Waals surface area contributed by atoms with Crippen LogP contribution in [0.2, 0.25) is 0 Å². The molecule has 3 rings (SSSR count). The number of sulfonamides is 1. The Bertz CT molecular complexity index is 1260. The van der Waals surface area contributed by atoms with Gasteiger partial charge in [-0.1, -0.05) is 24.3 Å². The van der Waals surface area contributed by atoms with Crippen LogP contribution in [0.5, 0.6) is 11.5 Å². The first-order chi connectivity index (χ1) is 16.3. The Hall–Kier alpha value is -4.05. The fourth-order valence-electron chi connectivity index (χ4n) is 2.98. The van der Waals surface area contributed by atoms with Gasteiger partial charge in [0.25, 0.3) is 15.9 Å². The third-order valence-corrected chi connectivity index (χ3v) is 5.93. The highest BCUT2D eigenvalue weighted by Crippen LogP contribution is 2.24. The maximum Gasteiger partial charge on any atom is 0.340 e. The number of esters is 1. The smallest absolute Gasteiger partial charge is 0.340 e. The van der Waals surface area contributed by atoms with Crippen LogP contribution in [0.15, 0.2) is 77.7 Å². The Balaban J connectivity index is 1.68. The number of para-hydroxylation sites is 3. The maximum atomic E-state index is 12.8. The van der Waals surface area contributed by atoms with Gasteiger partial charge in [-0.05, 0) is 55.5 Å². The van der Waals surface area contributed by atoms with Gasteiger partial charge in [0.05, 0.1) is 35.6 Å². The van der Waals surface area contributed by atoms with Crippen molar-refractivity contribution in [1.82, 2.24) is 0 Å². The molecular formula is C24H24N2O7S. The Kier molecular flexibility index (Phi) is 8.10. The van der Waals surface area contributed by atoms with Crippen LogP contribution in [-0.2, 0) is 19.6 Å². The average Bonchev–Trinajstić information content (AvgIpc) is 2.83. The minimum atomic E-state index is -3.99. The molecule has 0 heterocycles. The van der Waals surface area contributed by atoms with Crippen molar-refractivity contribution in [3.05, 3.63) is 78.4 Å². The number of amides is 1. The Labute approximate surface area is 197 Å². The highest BCUT2D eigenvalue weighted by Gasteiger charge is 2.20. The van der Waals surface area contributed by atoms with E-state index in [0.717, 1.165) is 0 Å². The van der Waals surface area contributed by atoms with Crippen LogP contribution < -0.4 is 19.5 Å². The molecular weight excluding hydrogens is 460 g/mol. The van der Waals surface area contributed by atoms with Gasteiger partial charge in [-0.3, -0.25) is 9.52 Å². The Morgan fingerprint density at radius 3 is 2.21 bits per heavy atom. The van der Waals surface area contributed by atoms with Gasteiger partial charge in [0.15, 0.2) is 6.61 Å². The lowest BCUT2D eigenvalue weighted by Gasteiger charge is -2.13. The molecule has 9 nitrogen and oxygen atoms in total. The number of hydrogen-bond acceptors (Lipinski definition) is 7. The second-order valence-corrected chi connectivity index (χ2v) is 8.56. The molecule has 0 saturated heterocycles. The molecule has 0 radical (unpaired) electrons. The van der Waals surface area contributed by atoms with Crippen molar-refractivity contribution in [3.8, 4) is 11.5 Å². The minimum Gasteiger partial charge on any atom is -0.495 e. The van der Waals surface area contributed by atoms with E-state index in [0.29, 0.717) is 23.8 Å². The third kappa shape index (κ3) is 6.26. The monoisotopic (exact) mass is 484 g/mol. The molecule has 0 spiro atoms. The van der Waals surface area contributed by atoms with Crippen molar-refractivity contribution in [2.75, 3.05) is 30.4 Å². The molecule has 0 fully saturated rings. The zero-order valence-electron chi connectivity index (χ0n) is 18.6. The summed E-state index contributed by atoms with van der Waals surface area (Å²) in [5.41, 5.74) is 0.406. The van der Waals surface area contributed by atoms with Crippen LogP contribution in [0.1, 0.15) is 17.3 Å². The fourth-order valence-corrected chi connectivity index (χ4v) is 4.06. The van der Waals surface area contributed by atoms with Gasteiger partial charge in [-0.15, -0.1) is 0 Å². The topological polar surface area (TPSA) is 120 Å². The van der Waals surface area contributed by atoms with E-state index < -0.39 is 28.5 Å². The number of carbonyl (C=O) groups is 2. The van der Waals surface area contributed by atoms with Crippen molar-refractivity contribution >= 4 is 33.3 Å². The van der Waals surface area contributed by atoms with E-state index in [-0.39, 0.29) is 16.1 Å². The number of hydrogen-bond donors (Lipinski definition) is 2. The van der Waals surface area contributed by atoms with Crippen molar-refractivity contribution in [3.63, 3.8) is 0 Å². The molecule has 3 aromatic carbocycles. The molecule has 3 aromatic rings. The van der Waals surface area contributed by atoms with Gasteiger partial charge < -0.3 is 19.5 Å². The number of methoxy groups -OCH3 is 1. The number of ether oxygens (including phenoxy) is 3. The van der Waals surface area contributed by atoms with Gasteiger partial charge >= 0.3 is 5.97 Å². The van der Waals surface area contributed by atoms with Crippen LogP contribution in [0.25, 0.3) is 0 Å². The molecule has 34 heavy (non-hydrogen) atoms. The van der Waals surface area contributed by atoms with Gasteiger partial charge in [0.2, 0.25) is 0 Å². The van der Waals surface area contributed by atoms with E-state index in [1.54, 1.807) is 48.5 Å². The van der Waals surface area contributed by atoms with Gasteiger partial charge in [0.1, 0.15) is 11.5 Å². The first-order valence-electron chi connectivity index (χ1n) is 10.3. The predicted molar refractivity (Wildman–Crippen MR) is 127 cm³/mol. The molecule has 0 unspecified atom stereocenters. The summed E-state index contributed by atoms with van der Waals surface area (Å²) in [5, 5.41) is 2.59. The molecule has 2 N–H and O–H groups in total. The zero-order valence-corrected chi connectivity index (χ0v) is 19.4. The average molecular weight is 485 g/mol. The Morgan fingerprint density at radius 1 is 0.882 bits per heavy atom. The fraction of sp³-hybridized carbons (Fsp3) is 0.167. The van der Waals surface area contributed by atoms with Crippen LogP contribution in [-0.4, -0.2) is 40.6 Å². The molecule has 0 bridgehead atoms. The van der Waals surface area contributed by atoms with E-state index in [4.69, 9.17) is 14.2 Å². The van der Waals surface area contributed by atoms with Crippen molar-refractivity contribution < 1.29 is 32.2 Å². The molecule has 0 aliphatic heterocycles.